The monoisotopic (exact) mass is 399 g/mol. The molecule has 6 heteroatoms. The maximum Gasteiger partial charge on any atom is 0.213 e. The Bertz CT molecular complexity index is 772. The third kappa shape index (κ3) is 7.54. The predicted octanol–water partition coefficient (Wildman–Crippen LogP) is 4.07. The van der Waals surface area contributed by atoms with E-state index in [2.05, 4.69) is 86.3 Å². The summed E-state index contributed by atoms with van der Waals surface area (Å²) in [7, 11) is 0. The van der Waals surface area contributed by atoms with Gasteiger partial charge in [-0.15, -0.1) is 0 Å². The predicted molar refractivity (Wildman–Crippen MR) is 120 cm³/mol. The van der Waals surface area contributed by atoms with Gasteiger partial charge in [-0.3, -0.25) is 4.90 Å². The molecule has 0 spiro atoms. The first-order valence-corrected chi connectivity index (χ1v) is 10.6. The number of guanidine groups is 1. The van der Waals surface area contributed by atoms with E-state index in [4.69, 9.17) is 9.41 Å². The fraction of sp³-hybridized carbons (Fsp3) is 0.565. The Balaban J connectivity index is 1.99. The molecular formula is C23H37N5O. The lowest BCUT2D eigenvalue weighted by Gasteiger charge is -2.18. The highest BCUT2D eigenvalue weighted by Crippen LogP contribution is 2.22. The van der Waals surface area contributed by atoms with Crippen molar-refractivity contribution in [1.29, 1.82) is 0 Å². The standard InChI is InChI=1S/C23H37N5O/c1-7-24-22(27-16-21-25-15-20(29-21)23(4,5)6)26-14-18-11-10-12-19(13-18)17-28(8-2)9-3/h10-13,15H,7-9,14,16-17H2,1-6H3,(H2,24,26,27). The number of aliphatic imine (C=N–C) groups is 1. The van der Waals surface area contributed by atoms with Crippen molar-refractivity contribution in [1.82, 2.24) is 20.5 Å². The van der Waals surface area contributed by atoms with Crippen LogP contribution in [-0.4, -0.2) is 35.5 Å². The van der Waals surface area contributed by atoms with E-state index in [1.165, 1.54) is 11.1 Å². The van der Waals surface area contributed by atoms with Gasteiger partial charge in [-0.25, -0.2) is 9.98 Å². The zero-order valence-electron chi connectivity index (χ0n) is 18.9. The van der Waals surface area contributed by atoms with Crippen LogP contribution in [0.1, 0.15) is 64.3 Å². The highest BCUT2D eigenvalue weighted by Gasteiger charge is 2.19. The van der Waals surface area contributed by atoms with Gasteiger partial charge in [0.25, 0.3) is 0 Å². The van der Waals surface area contributed by atoms with Gasteiger partial charge in [0.2, 0.25) is 5.89 Å². The van der Waals surface area contributed by atoms with Gasteiger partial charge < -0.3 is 15.1 Å². The maximum atomic E-state index is 5.85. The summed E-state index contributed by atoms with van der Waals surface area (Å²) >= 11 is 0. The molecule has 0 fully saturated rings. The van der Waals surface area contributed by atoms with Gasteiger partial charge in [0, 0.05) is 18.5 Å². The van der Waals surface area contributed by atoms with Crippen LogP contribution in [0.3, 0.4) is 0 Å². The summed E-state index contributed by atoms with van der Waals surface area (Å²) in [5.41, 5.74) is 2.49. The quantitative estimate of drug-likeness (QED) is 0.491. The lowest BCUT2D eigenvalue weighted by molar-refractivity contribution is 0.296. The van der Waals surface area contributed by atoms with Crippen molar-refractivity contribution >= 4 is 5.96 Å². The fourth-order valence-electron chi connectivity index (χ4n) is 2.94. The SMILES string of the molecule is CCNC(=NCc1cccc(CN(CC)CC)c1)NCc1ncc(C(C)(C)C)o1. The van der Waals surface area contributed by atoms with Crippen molar-refractivity contribution in [3.63, 3.8) is 0 Å². The first-order chi connectivity index (χ1) is 13.9. The molecule has 2 aromatic rings. The first-order valence-electron chi connectivity index (χ1n) is 10.6. The zero-order chi connectivity index (χ0) is 21.3. The Hall–Kier alpha value is -2.34. The topological polar surface area (TPSA) is 65.7 Å². The van der Waals surface area contributed by atoms with Crippen molar-refractivity contribution in [2.45, 2.75) is 66.6 Å². The van der Waals surface area contributed by atoms with Crippen molar-refractivity contribution in [2.75, 3.05) is 19.6 Å². The van der Waals surface area contributed by atoms with Crippen LogP contribution in [0.25, 0.3) is 0 Å². The molecule has 29 heavy (non-hydrogen) atoms. The zero-order valence-corrected chi connectivity index (χ0v) is 18.9. The third-order valence-electron chi connectivity index (χ3n) is 4.76. The molecule has 0 saturated heterocycles. The van der Waals surface area contributed by atoms with Crippen molar-refractivity contribution in [3.8, 4) is 0 Å². The molecule has 0 atom stereocenters. The summed E-state index contributed by atoms with van der Waals surface area (Å²) < 4.78 is 5.85. The lowest BCUT2D eigenvalue weighted by Crippen LogP contribution is -2.36. The molecule has 0 aliphatic carbocycles. The molecule has 0 radical (unpaired) electrons. The molecule has 0 saturated carbocycles. The summed E-state index contributed by atoms with van der Waals surface area (Å²) in [6.45, 7) is 17.8. The highest BCUT2D eigenvalue weighted by molar-refractivity contribution is 5.79. The van der Waals surface area contributed by atoms with E-state index in [0.717, 1.165) is 37.9 Å². The van der Waals surface area contributed by atoms with Crippen molar-refractivity contribution in [2.24, 2.45) is 4.99 Å². The molecule has 1 aromatic carbocycles. The first kappa shape index (κ1) is 22.9. The molecule has 6 nitrogen and oxygen atoms in total. The molecule has 0 unspecified atom stereocenters. The van der Waals surface area contributed by atoms with Crippen molar-refractivity contribution < 1.29 is 4.42 Å². The average molecular weight is 400 g/mol. The minimum atomic E-state index is -0.0417. The Labute approximate surface area is 175 Å². The van der Waals surface area contributed by atoms with E-state index in [9.17, 15) is 0 Å². The molecule has 1 aromatic heterocycles. The minimum Gasteiger partial charge on any atom is -0.443 e. The molecule has 0 amide bonds. The van der Waals surface area contributed by atoms with Gasteiger partial charge >= 0.3 is 0 Å². The Kier molecular flexibility index (Phi) is 8.70. The molecule has 2 rings (SSSR count). The van der Waals surface area contributed by atoms with Gasteiger partial charge in [0.05, 0.1) is 19.3 Å². The van der Waals surface area contributed by atoms with Gasteiger partial charge in [0.15, 0.2) is 5.96 Å². The fourth-order valence-corrected chi connectivity index (χ4v) is 2.94. The van der Waals surface area contributed by atoms with Crippen LogP contribution in [0, 0.1) is 0 Å². The van der Waals surface area contributed by atoms with Gasteiger partial charge in [-0.05, 0) is 31.1 Å². The Morgan fingerprint density at radius 1 is 1.10 bits per heavy atom. The summed E-state index contributed by atoms with van der Waals surface area (Å²) in [6.07, 6.45) is 1.81. The largest absolute Gasteiger partial charge is 0.443 e. The maximum absolute atomic E-state index is 5.85. The smallest absolute Gasteiger partial charge is 0.213 e. The lowest BCUT2D eigenvalue weighted by atomic mass is 9.94. The minimum absolute atomic E-state index is 0.0417. The van der Waals surface area contributed by atoms with E-state index in [1.807, 2.05) is 6.20 Å². The second-order valence-corrected chi connectivity index (χ2v) is 8.20. The van der Waals surface area contributed by atoms with E-state index < -0.39 is 0 Å². The van der Waals surface area contributed by atoms with E-state index in [1.54, 1.807) is 0 Å². The van der Waals surface area contributed by atoms with Crippen LogP contribution in [0.4, 0.5) is 0 Å². The van der Waals surface area contributed by atoms with E-state index >= 15 is 0 Å². The molecule has 0 aliphatic heterocycles. The average Bonchev–Trinajstić information content (AvgIpc) is 3.18. The number of nitrogens with one attached hydrogen (secondary N) is 2. The molecule has 0 bridgehead atoms. The van der Waals surface area contributed by atoms with Crippen molar-refractivity contribution in [3.05, 3.63) is 53.2 Å². The third-order valence-corrected chi connectivity index (χ3v) is 4.76. The second-order valence-electron chi connectivity index (χ2n) is 8.20. The van der Waals surface area contributed by atoms with Gasteiger partial charge in [-0.1, -0.05) is 58.9 Å². The van der Waals surface area contributed by atoms with E-state index in [0.29, 0.717) is 19.0 Å². The Morgan fingerprint density at radius 2 is 1.83 bits per heavy atom. The number of hydrogen-bond acceptors (Lipinski definition) is 4. The van der Waals surface area contributed by atoms with Gasteiger partial charge in [-0.2, -0.15) is 0 Å². The second kappa shape index (κ2) is 11.0. The number of aromatic nitrogens is 1. The summed E-state index contributed by atoms with van der Waals surface area (Å²) in [6, 6.07) is 8.67. The highest BCUT2D eigenvalue weighted by atomic mass is 16.4. The molecule has 160 valence electrons. The normalized spacial score (nSPS) is 12.4. The van der Waals surface area contributed by atoms with Gasteiger partial charge in [0.1, 0.15) is 5.76 Å². The summed E-state index contributed by atoms with van der Waals surface area (Å²) in [5.74, 6) is 2.32. The number of nitrogens with zero attached hydrogens (tertiary/aromatic N) is 3. The van der Waals surface area contributed by atoms with Crippen LogP contribution in [0.15, 0.2) is 39.9 Å². The van der Waals surface area contributed by atoms with E-state index in [-0.39, 0.29) is 5.41 Å². The molecule has 2 N–H and O–H groups in total. The summed E-state index contributed by atoms with van der Waals surface area (Å²) in [5, 5.41) is 6.60. The molecule has 0 aliphatic rings. The van der Waals surface area contributed by atoms with Crippen LogP contribution in [-0.2, 0) is 25.0 Å². The number of rotatable bonds is 9. The van der Waals surface area contributed by atoms with Crippen LogP contribution in [0.5, 0.6) is 0 Å². The number of hydrogen-bond donors (Lipinski definition) is 2. The van der Waals surface area contributed by atoms with Crippen LogP contribution >= 0.6 is 0 Å². The number of oxazole rings is 1. The number of benzene rings is 1. The molecular weight excluding hydrogens is 362 g/mol. The molecule has 1 heterocycles. The Morgan fingerprint density at radius 3 is 2.45 bits per heavy atom. The van der Waals surface area contributed by atoms with Crippen LogP contribution < -0.4 is 10.6 Å². The summed E-state index contributed by atoms with van der Waals surface area (Å²) in [4.78, 5) is 11.5. The van der Waals surface area contributed by atoms with Crippen LogP contribution in [0.2, 0.25) is 0 Å².